The van der Waals surface area contributed by atoms with E-state index in [-0.39, 0.29) is 0 Å². The van der Waals surface area contributed by atoms with E-state index in [2.05, 4.69) is 44.6 Å². The number of rotatable bonds is 5. The lowest BCUT2D eigenvalue weighted by Gasteiger charge is -2.14. The predicted octanol–water partition coefficient (Wildman–Crippen LogP) is 2.07. The molecule has 1 fully saturated rings. The van der Waals surface area contributed by atoms with Crippen molar-refractivity contribution >= 4 is 11.9 Å². The molecule has 5 nitrogen and oxygen atoms in total. The molecule has 0 unspecified atom stereocenters. The first-order valence-electron chi connectivity index (χ1n) is 7.27. The highest BCUT2D eigenvalue weighted by atomic mass is 15.5. The van der Waals surface area contributed by atoms with E-state index in [4.69, 9.17) is 0 Å². The first-order chi connectivity index (χ1) is 9.83. The molecule has 3 rings (SSSR count). The molecule has 1 aromatic carbocycles. The maximum absolute atomic E-state index is 4.59. The van der Waals surface area contributed by atoms with Crippen molar-refractivity contribution in [3.05, 3.63) is 35.9 Å². The predicted molar refractivity (Wildman–Crippen MR) is 81.1 cm³/mol. The average molecular weight is 271 g/mol. The molecule has 0 atom stereocenters. The van der Waals surface area contributed by atoms with Crippen LogP contribution in [0.5, 0.6) is 0 Å². The Morgan fingerprint density at radius 2 is 1.90 bits per heavy atom. The van der Waals surface area contributed by atoms with Crippen LogP contribution in [0.3, 0.4) is 0 Å². The molecule has 1 aliphatic heterocycles. The van der Waals surface area contributed by atoms with E-state index in [0.29, 0.717) is 0 Å². The second-order valence-corrected chi connectivity index (χ2v) is 5.22. The zero-order chi connectivity index (χ0) is 13.8. The Balaban J connectivity index is 1.56. The van der Waals surface area contributed by atoms with Gasteiger partial charge in [-0.1, -0.05) is 30.3 Å². The van der Waals surface area contributed by atoms with Crippen LogP contribution in [0, 0.1) is 0 Å². The van der Waals surface area contributed by atoms with Crippen LogP contribution in [0.4, 0.5) is 11.9 Å². The van der Waals surface area contributed by atoms with Gasteiger partial charge in [-0.2, -0.15) is 4.98 Å². The molecule has 0 spiro atoms. The summed E-state index contributed by atoms with van der Waals surface area (Å²) in [7, 11) is 1.96. The normalized spacial score (nSPS) is 14.8. The number of nitrogens with one attached hydrogen (secondary N) is 1. The summed E-state index contributed by atoms with van der Waals surface area (Å²) >= 11 is 0. The maximum Gasteiger partial charge on any atom is 0.243 e. The average Bonchev–Trinajstić information content (AvgIpc) is 3.09. The van der Waals surface area contributed by atoms with E-state index in [0.717, 1.165) is 38.0 Å². The number of nitrogens with zero attached hydrogens (tertiary/aromatic N) is 4. The third kappa shape index (κ3) is 2.92. The monoisotopic (exact) mass is 271 g/mol. The third-order valence-electron chi connectivity index (χ3n) is 3.67. The Kier molecular flexibility index (Phi) is 3.85. The van der Waals surface area contributed by atoms with Crippen molar-refractivity contribution in [2.45, 2.75) is 19.3 Å². The SMILES string of the molecule is Cn1nc(NCCc2ccccc2)nc1N1CCCC1. The van der Waals surface area contributed by atoms with E-state index in [9.17, 15) is 0 Å². The van der Waals surface area contributed by atoms with Crippen molar-refractivity contribution < 1.29 is 0 Å². The van der Waals surface area contributed by atoms with Crippen LogP contribution in [0.15, 0.2) is 30.3 Å². The van der Waals surface area contributed by atoms with Gasteiger partial charge in [-0.25, -0.2) is 4.68 Å². The van der Waals surface area contributed by atoms with Crippen molar-refractivity contribution in [3.8, 4) is 0 Å². The summed E-state index contributed by atoms with van der Waals surface area (Å²) in [6.45, 7) is 3.04. The number of hydrogen-bond donors (Lipinski definition) is 1. The largest absolute Gasteiger partial charge is 0.353 e. The van der Waals surface area contributed by atoms with Crippen LogP contribution in [-0.2, 0) is 13.5 Å². The molecule has 5 heteroatoms. The lowest BCUT2D eigenvalue weighted by Crippen LogP contribution is -2.21. The van der Waals surface area contributed by atoms with Gasteiger partial charge in [-0.3, -0.25) is 0 Å². The van der Waals surface area contributed by atoms with Crippen molar-refractivity contribution in [1.82, 2.24) is 14.8 Å². The topological polar surface area (TPSA) is 46.0 Å². The van der Waals surface area contributed by atoms with Crippen molar-refractivity contribution in [3.63, 3.8) is 0 Å². The van der Waals surface area contributed by atoms with Gasteiger partial charge in [0.15, 0.2) is 0 Å². The van der Waals surface area contributed by atoms with Gasteiger partial charge < -0.3 is 10.2 Å². The second-order valence-electron chi connectivity index (χ2n) is 5.22. The highest BCUT2D eigenvalue weighted by molar-refractivity contribution is 5.38. The molecule has 0 bridgehead atoms. The molecule has 0 radical (unpaired) electrons. The van der Waals surface area contributed by atoms with Gasteiger partial charge in [-0.05, 0) is 24.8 Å². The fourth-order valence-electron chi connectivity index (χ4n) is 2.61. The van der Waals surface area contributed by atoms with Crippen LogP contribution < -0.4 is 10.2 Å². The number of benzene rings is 1. The molecule has 0 saturated carbocycles. The molecule has 0 amide bonds. The molecule has 2 heterocycles. The summed E-state index contributed by atoms with van der Waals surface area (Å²) in [6.07, 6.45) is 3.49. The van der Waals surface area contributed by atoms with E-state index in [1.165, 1.54) is 18.4 Å². The first kappa shape index (κ1) is 13.0. The molecule has 1 aromatic heterocycles. The minimum absolute atomic E-state index is 0.727. The summed E-state index contributed by atoms with van der Waals surface area (Å²) < 4.78 is 1.87. The summed E-state index contributed by atoms with van der Waals surface area (Å²) in [4.78, 5) is 6.89. The molecule has 0 aliphatic carbocycles. The van der Waals surface area contributed by atoms with Crippen LogP contribution in [-0.4, -0.2) is 34.4 Å². The molecular weight excluding hydrogens is 250 g/mol. The van der Waals surface area contributed by atoms with Gasteiger partial charge in [0, 0.05) is 26.7 Å². The highest BCUT2D eigenvalue weighted by Crippen LogP contribution is 2.18. The third-order valence-corrected chi connectivity index (χ3v) is 3.67. The molecule has 1 N–H and O–H groups in total. The number of aryl methyl sites for hydroxylation is 1. The van der Waals surface area contributed by atoms with Crippen molar-refractivity contribution in [2.75, 3.05) is 29.9 Å². The molecule has 1 aliphatic rings. The van der Waals surface area contributed by atoms with Crippen LogP contribution in [0.25, 0.3) is 0 Å². The number of hydrogen-bond acceptors (Lipinski definition) is 4. The zero-order valence-electron chi connectivity index (χ0n) is 11.9. The van der Waals surface area contributed by atoms with Gasteiger partial charge in [0.25, 0.3) is 0 Å². The number of anilines is 2. The summed E-state index contributed by atoms with van der Waals surface area (Å²) in [5, 5.41) is 7.75. The van der Waals surface area contributed by atoms with Gasteiger partial charge in [0.2, 0.25) is 11.9 Å². The lowest BCUT2D eigenvalue weighted by atomic mass is 10.1. The quantitative estimate of drug-likeness (QED) is 0.904. The Morgan fingerprint density at radius 1 is 1.15 bits per heavy atom. The molecule has 20 heavy (non-hydrogen) atoms. The second kappa shape index (κ2) is 5.94. The maximum atomic E-state index is 4.59. The molecule has 106 valence electrons. The Morgan fingerprint density at radius 3 is 2.65 bits per heavy atom. The minimum atomic E-state index is 0.727. The van der Waals surface area contributed by atoms with E-state index < -0.39 is 0 Å². The van der Waals surface area contributed by atoms with E-state index in [1.807, 2.05) is 17.8 Å². The van der Waals surface area contributed by atoms with E-state index >= 15 is 0 Å². The van der Waals surface area contributed by atoms with Gasteiger partial charge in [0.1, 0.15) is 0 Å². The smallest absolute Gasteiger partial charge is 0.243 e. The van der Waals surface area contributed by atoms with Gasteiger partial charge in [0.05, 0.1) is 0 Å². The van der Waals surface area contributed by atoms with Crippen molar-refractivity contribution in [2.24, 2.45) is 7.05 Å². The summed E-state index contributed by atoms with van der Waals surface area (Å²) in [6, 6.07) is 10.5. The first-order valence-corrected chi connectivity index (χ1v) is 7.27. The Hall–Kier alpha value is -2.04. The molecule has 1 saturated heterocycles. The molecular formula is C15H21N5. The minimum Gasteiger partial charge on any atom is -0.353 e. The Labute approximate surface area is 119 Å². The number of aromatic nitrogens is 3. The van der Waals surface area contributed by atoms with Crippen LogP contribution >= 0.6 is 0 Å². The fourth-order valence-corrected chi connectivity index (χ4v) is 2.61. The Bertz CT molecular complexity index is 543. The highest BCUT2D eigenvalue weighted by Gasteiger charge is 2.18. The zero-order valence-corrected chi connectivity index (χ0v) is 11.9. The fraction of sp³-hybridized carbons (Fsp3) is 0.467. The van der Waals surface area contributed by atoms with Crippen molar-refractivity contribution in [1.29, 1.82) is 0 Å². The molecule has 2 aromatic rings. The van der Waals surface area contributed by atoms with Gasteiger partial charge in [-0.15, -0.1) is 5.10 Å². The summed E-state index contributed by atoms with van der Waals surface area (Å²) in [5.74, 6) is 1.70. The lowest BCUT2D eigenvalue weighted by molar-refractivity contribution is 0.735. The van der Waals surface area contributed by atoms with Gasteiger partial charge >= 0.3 is 0 Å². The van der Waals surface area contributed by atoms with Crippen LogP contribution in [0.2, 0.25) is 0 Å². The standard InChI is InChI=1S/C15H21N5/c1-19-15(20-11-5-6-12-20)17-14(18-19)16-10-9-13-7-3-2-4-8-13/h2-4,7-8H,5-6,9-12H2,1H3,(H,16,18). The van der Waals surface area contributed by atoms with Crippen LogP contribution in [0.1, 0.15) is 18.4 Å². The van der Waals surface area contributed by atoms with E-state index in [1.54, 1.807) is 0 Å². The summed E-state index contributed by atoms with van der Waals surface area (Å²) in [5.41, 5.74) is 1.33.